The summed E-state index contributed by atoms with van der Waals surface area (Å²) >= 11 is 3.45. The van der Waals surface area contributed by atoms with Crippen LogP contribution in [0.15, 0.2) is 22.7 Å². The quantitative estimate of drug-likeness (QED) is 0.767. The number of piperidine rings is 1. The average molecular weight is 310 g/mol. The first-order valence-corrected chi connectivity index (χ1v) is 7.23. The number of hydrogen-bond acceptors (Lipinski definition) is 1. The first-order chi connectivity index (χ1) is 8.37. The number of nitrogens with zero attached hydrogens (tertiary/aromatic N) is 1. The van der Waals surface area contributed by atoms with Gasteiger partial charge in [0.2, 0.25) is 0 Å². The Bertz CT molecular complexity index is 437. The highest BCUT2D eigenvalue weighted by Gasteiger charge is 2.28. The molecule has 0 bridgehead atoms. The molecular formula is C15H20BrNO. The Morgan fingerprint density at radius 3 is 2.39 bits per heavy atom. The van der Waals surface area contributed by atoms with E-state index in [-0.39, 0.29) is 5.91 Å². The van der Waals surface area contributed by atoms with Gasteiger partial charge in [0.1, 0.15) is 0 Å². The van der Waals surface area contributed by atoms with E-state index >= 15 is 0 Å². The van der Waals surface area contributed by atoms with Crippen LogP contribution in [0.5, 0.6) is 0 Å². The number of likely N-dealkylation sites (tertiary alicyclic amines) is 1. The largest absolute Gasteiger partial charge is 0.339 e. The first kappa shape index (κ1) is 13.6. The average Bonchev–Trinajstić information content (AvgIpc) is 2.27. The van der Waals surface area contributed by atoms with Crippen LogP contribution in [0.25, 0.3) is 0 Å². The second kappa shape index (κ2) is 5.04. The molecule has 1 aliphatic rings. The monoisotopic (exact) mass is 309 g/mol. The molecule has 1 aromatic carbocycles. The molecule has 18 heavy (non-hydrogen) atoms. The van der Waals surface area contributed by atoms with Crippen molar-refractivity contribution in [2.45, 2.75) is 33.6 Å². The molecule has 2 rings (SSSR count). The van der Waals surface area contributed by atoms with E-state index in [0.29, 0.717) is 5.41 Å². The van der Waals surface area contributed by atoms with Crippen molar-refractivity contribution in [3.63, 3.8) is 0 Å². The van der Waals surface area contributed by atoms with Crippen molar-refractivity contribution < 1.29 is 4.79 Å². The third-order valence-electron chi connectivity index (χ3n) is 3.69. The normalized spacial score (nSPS) is 18.8. The molecule has 0 N–H and O–H groups in total. The zero-order chi connectivity index (χ0) is 13.3. The molecule has 1 aliphatic heterocycles. The highest BCUT2D eigenvalue weighted by Crippen LogP contribution is 2.30. The maximum atomic E-state index is 12.4. The van der Waals surface area contributed by atoms with Gasteiger partial charge in [-0.2, -0.15) is 0 Å². The molecule has 1 fully saturated rings. The molecule has 0 atom stereocenters. The summed E-state index contributed by atoms with van der Waals surface area (Å²) in [4.78, 5) is 14.4. The molecule has 2 nitrogen and oxygen atoms in total. The zero-order valence-electron chi connectivity index (χ0n) is 11.3. The molecule has 1 saturated heterocycles. The smallest absolute Gasteiger partial charge is 0.253 e. The van der Waals surface area contributed by atoms with Gasteiger partial charge in [-0.3, -0.25) is 4.79 Å². The van der Waals surface area contributed by atoms with Crippen molar-refractivity contribution in [2.75, 3.05) is 13.1 Å². The van der Waals surface area contributed by atoms with Gasteiger partial charge in [-0.15, -0.1) is 0 Å². The van der Waals surface area contributed by atoms with Crippen LogP contribution in [0, 0.1) is 12.3 Å². The summed E-state index contributed by atoms with van der Waals surface area (Å²) in [5.74, 6) is 0.162. The third-order valence-corrected chi connectivity index (χ3v) is 4.15. The Hall–Kier alpha value is -0.830. The van der Waals surface area contributed by atoms with Crippen molar-refractivity contribution in [2.24, 2.45) is 5.41 Å². The maximum absolute atomic E-state index is 12.4. The number of aryl methyl sites for hydroxylation is 1. The summed E-state index contributed by atoms with van der Waals surface area (Å²) in [5, 5.41) is 0. The van der Waals surface area contributed by atoms with Gasteiger partial charge in [-0.05, 0) is 48.9 Å². The molecule has 1 amide bonds. The molecular weight excluding hydrogens is 290 g/mol. The van der Waals surface area contributed by atoms with Crippen molar-refractivity contribution in [3.8, 4) is 0 Å². The summed E-state index contributed by atoms with van der Waals surface area (Å²) in [6.45, 7) is 8.31. The predicted octanol–water partition coefficient (Wildman–Crippen LogP) is 4.02. The Labute approximate surface area is 117 Å². The van der Waals surface area contributed by atoms with Gasteiger partial charge in [0.25, 0.3) is 5.91 Å². The number of rotatable bonds is 1. The van der Waals surface area contributed by atoms with Crippen LogP contribution in [-0.4, -0.2) is 23.9 Å². The van der Waals surface area contributed by atoms with E-state index in [4.69, 9.17) is 0 Å². The van der Waals surface area contributed by atoms with Crippen molar-refractivity contribution >= 4 is 21.8 Å². The summed E-state index contributed by atoms with van der Waals surface area (Å²) in [6.07, 6.45) is 2.18. The molecule has 0 spiro atoms. The fourth-order valence-electron chi connectivity index (χ4n) is 2.36. The number of carbonyl (C=O) groups is 1. The predicted molar refractivity (Wildman–Crippen MR) is 77.8 cm³/mol. The highest BCUT2D eigenvalue weighted by atomic mass is 79.9. The van der Waals surface area contributed by atoms with Crippen molar-refractivity contribution in [3.05, 3.63) is 33.8 Å². The Morgan fingerprint density at radius 2 is 1.83 bits per heavy atom. The molecule has 98 valence electrons. The van der Waals surface area contributed by atoms with E-state index in [1.807, 2.05) is 30.0 Å². The lowest BCUT2D eigenvalue weighted by Crippen LogP contribution is -2.41. The molecule has 0 aromatic heterocycles. The number of benzene rings is 1. The van der Waals surface area contributed by atoms with Crippen LogP contribution in [0.1, 0.15) is 42.6 Å². The van der Waals surface area contributed by atoms with E-state index in [0.717, 1.165) is 41.5 Å². The highest BCUT2D eigenvalue weighted by molar-refractivity contribution is 9.10. The zero-order valence-corrected chi connectivity index (χ0v) is 12.9. The lowest BCUT2D eigenvalue weighted by Gasteiger charge is -2.37. The van der Waals surface area contributed by atoms with E-state index in [1.165, 1.54) is 0 Å². The summed E-state index contributed by atoms with van der Waals surface area (Å²) in [7, 11) is 0. The topological polar surface area (TPSA) is 20.3 Å². The summed E-state index contributed by atoms with van der Waals surface area (Å²) in [5.41, 5.74) is 2.29. The fourth-order valence-corrected chi connectivity index (χ4v) is 2.97. The molecule has 0 saturated carbocycles. The lowest BCUT2D eigenvalue weighted by molar-refractivity contribution is 0.0630. The minimum atomic E-state index is 0.162. The lowest BCUT2D eigenvalue weighted by atomic mass is 9.82. The van der Waals surface area contributed by atoms with Gasteiger partial charge in [0.15, 0.2) is 0 Å². The number of hydrogen-bond donors (Lipinski definition) is 0. The Kier molecular flexibility index (Phi) is 3.81. The minimum absolute atomic E-state index is 0.162. The van der Waals surface area contributed by atoms with Crippen molar-refractivity contribution in [1.82, 2.24) is 4.90 Å². The van der Waals surface area contributed by atoms with Gasteiger partial charge in [0, 0.05) is 23.1 Å². The summed E-state index contributed by atoms with van der Waals surface area (Å²) < 4.78 is 0.975. The van der Waals surface area contributed by atoms with Crippen LogP contribution in [0.4, 0.5) is 0 Å². The molecule has 3 heteroatoms. The first-order valence-electron chi connectivity index (χ1n) is 6.44. The fraction of sp³-hybridized carbons (Fsp3) is 0.533. The minimum Gasteiger partial charge on any atom is -0.339 e. The molecule has 0 unspecified atom stereocenters. The van der Waals surface area contributed by atoms with Crippen LogP contribution < -0.4 is 0 Å². The van der Waals surface area contributed by atoms with Crippen LogP contribution in [0.2, 0.25) is 0 Å². The van der Waals surface area contributed by atoms with Crippen LogP contribution in [0.3, 0.4) is 0 Å². The van der Waals surface area contributed by atoms with E-state index in [2.05, 4.69) is 29.8 Å². The molecule has 1 heterocycles. The van der Waals surface area contributed by atoms with Gasteiger partial charge in [0.05, 0.1) is 0 Å². The summed E-state index contributed by atoms with van der Waals surface area (Å²) in [6, 6.07) is 5.90. The van der Waals surface area contributed by atoms with E-state index in [1.54, 1.807) is 0 Å². The van der Waals surface area contributed by atoms with Gasteiger partial charge < -0.3 is 4.90 Å². The molecule has 1 aromatic rings. The second-order valence-electron chi connectivity index (χ2n) is 5.97. The van der Waals surface area contributed by atoms with E-state index in [9.17, 15) is 4.79 Å². The SMILES string of the molecule is Cc1cc(Br)cc(C(=O)N2CCC(C)(C)CC2)c1. The van der Waals surface area contributed by atoms with Crippen LogP contribution in [-0.2, 0) is 0 Å². The van der Waals surface area contributed by atoms with Crippen molar-refractivity contribution in [1.29, 1.82) is 0 Å². The third kappa shape index (κ3) is 3.14. The molecule has 0 radical (unpaired) electrons. The molecule has 0 aliphatic carbocycles. The van der Waals surface area contributed by atoms with Gasteiger partial charge in [-0.25, -0.2) is 0 Å². The van der Waals surface area contributed by atoms with Gasteiger partial charge >= 0.3 is 0 Å². The Balaban J connectivity index is 2.12. The standard InChI is InChI=1S/C15H20BrNO/c1-11-8-12(10-13(16)9-11)14(18)17-6-4-15(2,3)5-7-17/h8-10H,4-7H2,1-3H3. The number of halogens is 1. The van der Waals surface area contributed by atoms with Crippen LogP contribution >= 0.6 is 15.9 Å². The number of amides is 1. The Morgan fingerprint density at radius 1 is 1.22 bits per heavy atom. The second-order valence-corrected chi connectivity index (χ2v) is 6.89. The van der Waals surface area contributed by atoms with E-state index < -0.39 is 0 Å². The maximum Gasteiger partial charge on any atom is 0.253 e. The van der Waals surface area contributed by atoms with Gasteiger partial charge in [-0.1, -0.05) is 29.8 Å². The number of carbonyl (C=O) groups excluding carboxylic acids is 1.